The second-order valence-corrected chi connectivity index (χ2v) is 5.71. The number of benzene rings is 1. The Kier molecular flexibility index (Phi) is 4.40. The van der Waals surface area contributed by atoms with E-state index >= 15 is 0 Å². The molecule has 2 heterocycles. The zero-order chi connectivity index (χ0) is 15.5. The molecule has 0 radical (unpaired) electrons. The lowest BCUT2D eigenvalue weighted by Crippen LogP contribution is -2.40. The van der Waals surface area contributed by atoms with Gasteiger partial charge in [0.2, 0.25) is 11.8 Å². The fourth-order valence-electron chi connectivity index (χ4n) is 2.98. The Morgan fingerprint density at radius 1 is 1.45 bits per heavy atom. The third-order valence-corrected chi connectivity index (χ3v) is 4.06. The molecule has 0 aliphatic carbocycles. The lowest BCUT2D eigenvalue weighted by Gasteiger charge is -2.23. The Labute approximate surface area is 129 Å². The van der Waals surface area contributed by atoms with Crippen LogP contribution in [0.3, 0.4) is 0 Å². The summed E-state index contributed by atoms with van der Waals surface area (Å²) in [5.74, 6) is 0.00699. The van der Waals surface area contributed by atoms with E-state index in [1.165, 1.54) is 0 Å². The molecule has 0 saturated carbocycles. The summed E-state index contributed by atoms with van der Waals surface area (Å²) in [7, 11) is 0. The zero-order valence-electron chi connectivity index (χ0n) is 12.7. The fraction of sp³-hybridized carbons (Fsp3) is 0.500. The molecular formula is C16H21N3O3. The molecule has 0 spiro atoms. The van der Waals surface area contributed by atoms with Crippen LogP contribution in [0, 0.1) is 0 Å². The van der Waals surface area contributed by atoms with Crippen molar-refractivity contribution in [1.29, 1.82) is 0 Å². The van der Waals surface area contributed by atoms with Crippen LogP contribution in [0.1, 0.15) is 18.9 Å². The number of amides is 2. The number of fused-ring (bicyclic) bond motifs is 1. The van der Waals surface area contributed by atoms with Gasteiger partial charge in [-0.2, -0.15) is 0 Å². The van der Waals surface area contributed by atoms with Crippen LogP contribution in [0.4, 0.5) is 11.4 Å². The van der Waals surface area contributed by atoms with E-state index in [9.17, 15) is 9.59 Å². The first-order valence-corrected chi connectivity index (χ1v) is 7.66. The van der Waals surface area contributed by atoms with Gasteiger partial charge in [-0.25, -0.2) is 0 Å². The normalized spacial score (nSPS) is 20.6. The van der Waals surface area contributed by atoms with Gasteiger partial charge in [0.15, 0.2) is 0 Å². The molecule has 1 aromatic carbocycles. The van der Waals surface area contributed by atoms with Crippen LogP contribution in [0.15, 0.2) is 18.2 Å². The predicted octanol–water partition coefficient (Wildman–Crippen LogP) is 0.913. The van der Waals surface area contributed by atoms with Crippen LogP contribution in [0.25, 0.3) is 0 Å². The number of hydrogen-bond acceptors (Lipinski definition) is 4. The summed E-state index contributed by atoms with van der Waals surface area (Å²) in [5.41, 5.74) is 2.83. The van der Waals surface area contributed by atoms with E-state index in [1.54, 1.807) is 11.8 Å². The minimum atomic E-state index is -0.0589. The van der Waals surface area contributed by atoms with E-state index in [0.717, 1.165) is 29.9 Å². The molecule has 6 heteroatoms. The number of morpholine rings is 1. The number of nitrogens with zero attached hydrogens (tertiary/aromatic N) is 1. The first-order chi connectivity index (χ1) is 10.6. The molecule has 1 saturated heterocycles. The van der Waals surface area contributed by atoms with Crippen molar-refractivity contribution < 1.29 is 14.3 Å². The smallest absolute Gasteiger partial charge is 0.227 e. The quantitative estimate of drug-likeness (QED) is 0.871. The highest BCUT2D eigenvalue weighted by atomic mass is 16.5. The number of nitrogens with one attached hydrogen (secondary N) is 2. The molecule has 2 amide bonds. The van der Waals surface area contributed by atoms with Gasteiger partial charge >= 0.3 is 0 Å². The number of carbonyl (C=O) groups is 2. The third-order valence-electron chi connectivity index (χ3n) is 4.06. The maximum Gasteiger partial charge on any atom is 0.227 e. The molecule has 1 atom stereocenters. The van der Waals surface area contributed by atoms with E-state index < -0.39 is 0 Å². The molecule has 1 aromatic rings. The molecule has 22 heavy (non-hydrogen) atoms. The van der Waals surface area contributed by atoms with Crippen LogP contribution in [-0.2, 0) is 20.7 Å². The summed E-state index contributed by atoms with van der Waals surface area (Å²) < 4.78 is 5.53. The summed E-state index contributed by atoms with van der Waals surface area (Å²) >= 11 is 0. The van der Waals surface area contributed by atoms with Gasteiger partial charge in [-0.05, 0) is 30.2 Å². The van der Waals surface area contributed by atoms with Gasteiger partial charge < -0.3 is 20.3 Å². The molecule has 6 nitrogen and oxygen atoms in total. The lowest BCUT2D eigenvalue weighted by atomic mass is 10.1. The molecule has 1 unspecified atom stereocenters. The molecule has 0 bridgehead atoms. The summed E-state index contributed by atoms with van der Waals surface area (Å²) in [5, 5.41) is 6.12. The first kappa shape index (κ1) is 15.0. The number of carbonyl (C=O) groups excluding carboxylic acids is 2. The summed E-state index contributed by atoms with van der Waals surface area (Å²) in [6.45, 7) is 4.49. The second kappa shape index (κ2) is 6.46. The van der Waals surface area contributed by atoms with Crippen molar-refractivity contribution in [2.24, 2.45) is 0 Å². The Morgan fingerprint density at radius 2 is 2.32 bits per heavy atom. The average molecular weight is 303 g/mol. The number of ether oxygens (including phenoxy) is 1. The van der Waals surface area contributed by atoms with Gasteiger partial charge in [-0.3, -0.25) is 9.59 Å². The van der Waals surface area contributed by atoms with Crippen LogP contribution in [0.2, 0.25) is 0 Å². The maximum atomic E-state index is 12.1. The summed E-state index contributed by atoms with van der Waals surface area (Å²) in [6, 6.07) is 5.70. The van der Waals surface area contributed by atoms with Crippen LogP contribution >= 0.6 is 0 Å². The highest BCUT2D eigenvalue weighted by Crippen LogP contribution is 2.30. The molecule has 2 aliphatic rings. The Morgan fingerprint density at radius 3 is 3.05 bits per heavy atom. The average Bonchev–Trinajstić information content (AvgIpc) is 2.91. The minimum Gasteiger partial charge on any atom is -0.375 e. The Bertz CT molecular complexity index is 582. The third kappa shape index (κ3) is 3.28. The van der Waals surface area contributed by atoms with E-state index in [4.69, 9.17) is 4.74 Å². The van der Waals surface area contributed by atoms with Crippen molar-refractivity contribution in [3.63, 3.8) is 0 Å². The van der Waals surface area contributed by atoms with E-state index in [0.29, 0.717) is 26.1 Å². The molecule has 118 valence electrons. The van der Waals surface area contributed by atoms with Crippen molar-refractivity contribution >= 4 is 23.2 Å². The molecule has 0 aromatic heterocycles. The number of anilines is 2. The van der Waals surface area contributed by atoms with Crippen molar-refractivity contribution in [2.75, 3.05) is 36.5 Å². The number of hydrogen-bond donors (Lipinski definition) is 2. The maximum absolute atomic E-state index is 12.1. The van der Waals surface area contributed by atoms with Gasteiger partial charge in [0.25, 0.3) is 0 Å². The summed E-state index contributed by atoms with van der Waals surface area (Å²) in [6.07, 6.45) is 1.12. The lowest BCUT2D eigenvalue weighted by molar-refractivity contribution is -0.119. The van der Waals surface area contributed by atoms with Gasteiger partial charge in [-0.15, -0.1) is 0 Å². The van der Waals surface area contributed by atoms with Crippen LogP contribution in [-0.4, -0.2) is 44.2 Å². The zero-order valence-corrected chi connectivity index (χ0v) is 12.7. The van der Waals surface area contributed by atoms with Crippen molar-refractivity contribution in [1.82, 2.24) is 5.32 Å². The molecule has 2 N–H and O–H groups in total. The monoisotopic (exact) mass is 303 g/mol. The number of rotatable bonds is 3. The Balaban J connectivity index is 1.61. The molecule has 3 rings (SSSR count). The van der Waals surface area contributed by atoms with Gasteiger partial charge in [0.05, 0.1) is 19.1 Å². The highest BCUT2D eigenvalue weighted by molar-refractivity contribution is 5.95. The molecule has 2 aliphatic heterocycles. The van der Waals surface area contributed by atoms with Crippen molar-refractivity contribution in [3.8, 4) is 0 Å². The highest BCUT2D eigenvalue weighted by Gasteiger charge is 2.23. The van der Waals surface area contributed by atoms with Crippen molar-refractivity contribution in [2.45, 2.75) is 25.9 Å². The van der Waals surface area contributed by atoms with Crippen molar-refractivity contribution in [3.05, 3.63) is 23.8 Å². The molecule has 1 fully saturated rings. The van der Waals surface area contributed by atoms with Gasteiger partial charge in [0.1, 0.15) is 0 Å². The SMILES string of the molecule is CC(=O)N1CCc2cc(NC(=O)CC3CNCCO3)ccc21. The first-order valence-electron chi connectivity index (χ1n) is 7.66. The van der Waals surface area contributed by atoms with Crippen LogP contribution in [0.5, 0.6) is 0 Å². The largest absolute Gasteiger partial charge is 0.375 e. The van der Waals surface area contributed by atoms with E-state index in [2.05, 4.69) is 10.6 Å². The Hall–Kier alpha value is -1.92. The standard InChI is InChI=1S/C16H21N3O3/c1-11(20)19-6-4-12-8-13(2-3-15(12)19)18-16(21)9-14-10-17-5-7-22-14/h2-3,8,14,17H,4-7,9-10H2,1H3,(H,18,21). The minimum absolute atomic E-state index is 0.0462. The molecular weight excluding hydrogens is 282 g/mol. The predicted molar refractivity (Wildman–Crippen MR) is 84.0 cm³/mol. The van der Waals surface area contributed by atoms with E-state index in [1.807, 2.05) is 18.2 Å². The van der Waals surface area contributed by atoms with Crippen LogP contribution < -0.4 is 15.5 Å². The van der Waals surface area contributed by atoms with Gasteiger partial charge in [0, 0.05) is 37.9 Å². The summed E-state index contributed by atoms with van der Waals surface area (Å²) in [4.78, 5) is 25.4. The second-order valence-electron chi connectivity index (χ2n) is 5.71. The van der Waals surface area contributed by atoms with Gasteiger partial charge in [-0.1, -0.05) is 0 Å². The fourth-order valence-corrected chi connectivity index (χ4v) is 2.98. The van der Waals surface area contributed by atoms with E-state index in [-0.39, 0.29) is 17.9 Å². The topological polar surface area (TPSA) is 70.7 Å².